The van der Waals surface area contributed by atoms with Crippen molar-refractivity contribution in [2.45, 2.75) is 78.6 Å². The molecular formula is C64H68N14O9S2. The van der Waals surface area contributed by atoms with Crippen LogP contribution < -0.4 is 40.6 Å². The molecule has 2 atom stereocenters. The van der Waals surface area contributed by atoms with Gasteiger partial charge in [-0.2, -0.15) is 10.2 Å². The Morgan fingerprint density at radius 2 is 1.02 bits per heavy atom. The van der Waals surface area contributed by atoms with Crippen molar-refractivity contribution < 1.29 is 43.2 Å². The van der Waals surface area contributed by atoms with Gasteiger partial charge in [0.25, 0.3) is 5.91 Å². The molecule has 2 aliphatic heterocycles. The highest BCUT2D eigenvalue weighted by atomic mass is 32.1. The number of hydrogen-bond acceptors (Lipinski definition) is 19. The second-order valence-electron chi connectivity index (χ2n) is 21.0. The fourth-order valence-electron chi connectivity index (χ4n) is 10.1. The molecule has 4 aromatic carbocycles. The summed E-state index contributed by atoms with van der Waals surface area (Å²) in [7, 11) is 3.27. The van der Waals surface area contributed by atoms with Crippen molar-refractivity contribution >= 4 is 90.3 Å². The van der Waals surface area contributed by atoms with Crippen LogP contribution >= 0.6 is 22.7 Å². The number of pyridine rings is 2. The van der Waals surface area contributed by atoms with E-state index in [1.165, 1.54) is 34.8 Å². The summed E-state index contributed by atoms with van der Waals surface area (Å²) in [6.07, 6.45) is 9.44. The molecule has 89 heavy (non-hydrogen) atoms. The molecule has 6 N–H and O–H groups in total. The Kier molecular flexibility index (Phi) is 19.9. The van der Waals surface area contributed by atoms with Gasteiger partial charge in [-0.3, -0.25) is 19.7 Å². The monoisotopic (exact) mass is 1240 g/mol. The van der Waals surface area contributed by atoms with Gasteiger partial charge in [0.2, 0.25) is 11.8 Å². The van der Waals surface area contributed by atoms with Crippen LogP contribution in [-0.2, 0) is 22.7 Å². The highest BCUT2D eigenvalue weighted by Gasteiger charge is 2.30. The third-order valence-electron chi connectivity index (χ3n) is 14.7. The van der Waals surface area contributed by atoms with Crippen molar-refractivity contribution in [3.63, 3.8) is 0 Å². The molecule has 6 aromatic heterocycles. The third-order valence-corrected chi connectivity index (χ3v) is 16.3. The Morgan fingerprint density at radius 3 is 1.40 bits per heavy atom. The molecule has 0 saturated carbocycles. The lowest BCUT2D eigenvalue weighted by Crippen LogP contribution is -2.31. The number of nitrogens with one attached hydrogen (secondary N) is 3. The average Bonchev–Trinajstić information content (AvgIpc) is 1.72. The maximum atomic E-state index is 12.7. The van der Waals surface area contributed by atoms with Gasteiger partial charge in [0.1, 0.15) is 45.3 Å². The van der Waals surface area contributed by atoms with Crippen molar-refractivity contribution in [1.82, 2.24) is 49.3 Å². The molecule has 2 aliphatic rings. The molecule has 0 aliphatic carbocycles. The van der Waals surface area contributed by atoms with Crippen LogP contribution in [0, 0.1) is 13.8 Å². The number of aryl methyl sites for hydroxylation is 2. The summed E-state index contributed by atoms with van der Waals surface area (Å²) in [4.78, 5) is 71.7. The number of likely N-dealkylation sites (tertiary alicyclic amines) is 2. The van der Waals surface area contributed by atoms with E-state index < -0.39 is 5.97 Å². The molecule has 0 spiro atoms. The van der Waals surface area contributed by atoms with Crippen LogP contribution in [0.5, 0.6) is 34.5 Å². The van der Waals surface area contributed by atoms with Gasteiger partial charge in [0.15, 0.2) is 33.2 Å². The highest BCUT2D eigenvalue weighted by molar-refractivity contribution is 7.15. The number of anilines is 4. The first kappa shape index (κ1) is 61.9. The van der Waals surface area contributed by atoms with Gasteiger partial charge in [-0.1, -0.05) is 38.1 Å². The number of nitrogens with zero attached hydrogens (tertiary/aromatic N) is 10. The number of benzene rings is 4. The van der Waals surface area contributed by atoms with E-state index in [2.05, 4.69) is 35.9 Å². The molecule has 12 rings (SSSR count). The molecule has 25 heteroatoms. The summed E-state index contributed by atoms with van der Waals surface area (Å²) in [5.41, 5.74) is 9.33. The zero-order valence-electron chi connectivity index (χ0n) is 50.0. The van der Waals surface area contributed by atoms with E-state index in [9.17, 15) is 24.3 Å². The zero-order chi connectivity index (χ0) is 62.6. The number of amides is 3. The molecule has 0 radical (unpaired) electrons. The van der Waals surface area contributed by atoms with E-state index in [1.54, 1.807) is 87.5 Å². The first-order chi connectivity index (χ1) is 43.1. The number of fused-ring (bicyclic) bond motifs is 2. The third kappa shape index (κ3) is 15.5. The number of carboxylic acid groups (broad SMARTS) is 1. The maximum Gasteiger partial charge on any atom is 0.335 e. The van der Waals surface area contributed by atoms with Gasteiger partial charge in [-0.25, -0.2) is 34.1 Å². The van der Waals surface area contributed by atoms with Gasteiger partial charge >= 0.3 is 5.97 Å². The van der Waals surface area contributed by atoms with Gasteiger partial charge in [-0.05, 0) is 111 Å². The minimum absolute atomic E-state index is 0.0425. The number of ether oxygens (including phenoxy) is 4. The Labute approximate surface area is 521 Å². The van der Waals surface area contributed by atoms with Crippen LogP contribution in [-0.4, -0.2) is 131 Å². The molecule has 3 amide bonds. The Bertz CT molecular complexity index is 4060. The quantitative estimate of drug-likeness (QED) is 0.0503. The van der Waals surface area contributed by atoms with Gasteiger partial charge in [0, 0.05) is 103 Å². The molecular weight excluding hydrogens is 1170 g/mol. The Hall–Kier alpha value is -10.1. The molecule has 460 valence electrons. The molecule has 2 fully saturated rings. The minimum Gasteiger partial charge on any atom is -0.497 e. The normalized spacial score (nSPS) is 14.3. The number of methoxy groups -OCH3 is 2. The fourth-order valence-corrected chi connectivity index (χ4v) is 11.3. The number of carboxylic acids is 1. The molecule has 8 heterocycles. The lowest BCUT2D eigenvalue weighted by atomic mass is 10.2. The molecule has 23 nitrogen and oxygen atoms in total. The average molecular weight is 1240 g/mol. The van der Waals surface area contributed by atoms with Crippen LogP contribution in [0.1, 0.15) is 81.1 Å². The number of nitrogens with two attached hydrogens (primary N) is 1. The zero-order valence-corrected chi connectivity index (χ0v) is 51.6. The molecule has 10 aromatic rings. The van der Waals surface area contributed by atoms with E-state index in [0.29, 0.717) is 119 Å². The van der Waals surface area contributed by atoms with Crippen molar-refractivity contribution in [3.05, 3.63) is 166 Å². The van der Waals surface area contributed by atoms with E-state index >= 15 is 0 Å². The number of carbonyl (C=O) groups excluding carboxylic acids is 3. The second kappa shape index (κ2) is 28.6. The van der Waals surface area contributed by atoms with Crippen LogP contribution in [0.4, 0.5) is 21.9 Å². The van der Waals surface area contributed by atoms with Gasteiger partial charge in [-0.15, -0.1) is 22.7 Å². The Balaban J connectivity index is 0.000000178. The number of aromatic carboxylic acids is 1. The summed E-state index contributed by atoms with van der Waals surface area (Å²) >= 11 is 2.93. The Morgan fingerprint density at radius 1 is 0.584 bits per heavy atom. The lowest BCUT2D eigenvalue weighted by molar-refractivity contribution is -0.130. The van der Waals surface area contributed by atoms with E-state index in [4.69, 9.17) is 34.9 Å². The van der Waals surface area contributed by atoms with Crippen LogP contribution in [0.3, 0.4) is 0 Å². The number of thiazole rings is 2. The summed E-state index contributed by atoms with van der Waals surface area (Å²) < 4.78 is 26.8. The molecule has 0 unspecified atom stereocenters. The van der Waals surface area contributed by atoms with E-state index in [-0.39, 0.29) is 35.4 Å². The van der Waals surface area contributed by atoms with Crippen LogP contribution in [0.15, 0.2) is 134 Å². The summed E-state index contributed by atoms with van der Waals surface area (Å²) in [5.74, 6) is 4.04. The number of aromatic nitrogens is 8. The van der Waals surface area contributed by atoms with E-state index in [0.717, 1.165) is 50.6 Å². The van der Waals surface area contributed by atoms with Crippen molar-refractivity contribution in [2.75, 3.05) is 62.1 Å². The molecule has 0 bridgehead atoms. The summed E-state index contributed by atoms with van der Waals surface area (Å²) in [5, 5.41) is 31.6. The van der Waals surface area contributed by atoms with E-state index in [1.807, 2.05) is 95.4 Å². The predicted octanol–water partition coefficient (Wildman–Crippen LogP) is 11.2. The summed E-state index contributed by atoms with van der Waals surface area (Å²) in [6, 6.07) is 32.5. The first-order valence-electron chi connectivity index (χ1n) is 28.9. The predicted molar refractivity (Wildman–Crippen MR) is 343 cm³/mol. The highest BCUT2D eigenvalue weighted by Crippen LogP contribution is 2.38. The maximum absolute atomic E-state index is 12.7. The van der Waals surface area contributed by atoms with Gasteiger partial charge in [0.05, 0.1) is 32.9 Å². The molecule has 2 saturated heterocycles. The minimum atomic E-state index is -0.999. The fraction of sp³-hybridized carbons (Fsp3) is 0.281. The number of rotatable bonds is 19. The topological polar surface area (TPSA) is 281 Å². The first-order valence-corrected chi connectivity index (χ1v) is 30.5. The van der Waals surface area contributed by atoms with Gasteiger partial charge < -0.3 is 50.2 Å². The smallest absolute Gasteiger partial charge is 0.335 e. The number of carbonyl (C=O) groups is 4. The number of nitrogen functional groups attached to an aromatic ring is 1. The standard InChI is InChI=1S/C32H33N7O4S.C28H29N5O5.C4H6N2S/c1-4-27(40)38-16-14-23(19-38)35-29-28-26(13-15-33-30(28)39(37-29)18-21-5-9-24(42-3)10-6-21)43-25-11-7-22(8-12-25)31(41)36-32-34-17-20(2)44-32;1-3-24(34)32-15-13-20(17-32)30-26-25-23(38-22-10-6-19(7-11-22)28(35)36)12-14-29-27(25)33(31-26)16-18-4-8-21(37-2)9-5-18;1-3-2-6-4(5)7-3/h5-13,15,17,23H,4,14,16,18-19H2,1-3H3,(H,35,37)(H,34,36,41);4-12,14,20H,3,13,15-17H2,1-2H3,(H,30,31)(H,35,36);2H,1H3,(H2,5,6)/t23-;20-;/m11./s1. The van der Waals surface area contributed by atoms with Crippen molar-refractivity contribution in [3.8, 4) is 34.5 Å². The summed E-state index contributed by atoms with van der Waals surface area (Å²) in [6.45, 7) is 11.3. The van der Waals surface area contributed by atoms with Crippen LogP contribution in [0.2, 0.25) is 0 Å². The van der Waals surface area contributed by atoms with Crippen molar-refractivity contribution in [1.29, 1.82) is 0 Å². The second-order valence-corrected chi connectivity index (χ2v) is 23.5. The van der Waals surface area contributed by atoms with Crippen molar-refractivity contribution in [2.24, 2.45) is 0 Å². The van der Waals surface area contributed by atoms with Crippen LogP contribution in [0.25, 0.3) is 22.1 Å². The number of hydrogen-bond donors (Lipinski definition) is 5. The lowest BCUT2D eigenvalue weighted by Gasteiger charge is -2.16. The largest absolute Gasteiger partial charge is 0.497 e. The SMILES string of the molecule is CCC(=O)N1CC[C@@H](Nc2nn(Cc3ccc(OC)cc3)c3nccc(Oc4ccc(C(=O)Nc5ncc(C)s5)cc4)c23)C1.CCC(=O)N1CC[C@@H](Nc2nn(Cc3ccc(OC)cc3)c3nccc(Oc4ccc(C(=O)O)cc4)c23)C1.Cc1cnc(N)s1.